The van der Waals surface area contributed by atoms with E-state index in [4.69, 9.17) is 37.9 Å². The second-order valence-corrected chi connectivity index (χ2v) is 10.8. The van der Waals surface area contributed by atoms with Gasteiger partial charge in [0.15, 0.2) is 23.0 Å². The highest BCUT2D eigenvalue weighted by Crippen LogP contribution is 2.60. The van der Waals surface area contributed by atoms with Gasteiger partial charge in [-0.15, -0.1) is 0 Å². The molecule has 0 radical (unpaired) electrons. The second kappa shape index (κ2) is 13.0. The molecule has 4 atom stereocenters. The van der Waals surface area contributed by atoms with E-state index in [2.05, 4.69) is 0 Å². The van der Waals surface area contributed by atoms with E-state index in [1.165, 1.54) is 28.4 Å². The summed E-state index contributed by atoms with van der Waals surface area (Å²) in [4.78, 5) is 26.7. The average molecular weight is 607 g/mol. The van der Waals surface area contributed by atoms with Crippen LogP contribution >= 0.6 is 0 Å². The van der Waals surface area contributed by atoms with E-state index in [9.17, 15) is 9.59 Å². The molecule has 10 heteroatoms. The van der Waals surface area contributed by atoms with E-state index in [1.54, 1.807) is 30.3 Å². The van der Waals surface area contributed by atoms with Gasteiger partial charge in [0.05, 0.1) is 34.0 Å². The van der Waals surface area contributed by atoms with E-state index in [0.717, 1.165) is 0 Å². The zero-order valence-electron chi connectivity index (χ0n) is 26.1. The lowest BCUT2D eigenvalue weighted by molar-refractivity contribution is -0.154. The summed E-state index contributed by atoms with van der Waals surface area (Å²) in [7, 11) is 6.09. The summed E-state index contributed by atoms with van der Waals surface area (Å²) in [6.07, 6.45) is -0.743. The van der Waals surface area contributed by atoms with Crippen LogP contribution in [0, 0.1) is 11.8 Å². The van der Waals surface area contributed by atoms with Crippen LogP contribution in [0.2, 0.25) is 0 Å². The summed E-state index contributed by atoms with van der Waals surface area (Å²) >= 11 is 0. The predicted molar refractivity (Wildman–Crippen MR) is 161 cm³/mol. The molecule has 0 bridgehead atoms. The summed E-state index contributed by atoms with van der Waals surface area (Å²) in [5, 5.41) is 0. The molecular weight excluding hydrogens is 568 g/mol. The summed E-state index contributed by atoms with van der Waals surface area (Å²) in [5.74, 6) is 0.676. The minimum atomic E-state index is -0.836. The third kappa shape index (κ3) is 5.33. The van der Waals surface area contributed by atoms with Crippen molar-refractivity contribution in [3.63, 3.8) is 0 Å². The van der Waals surface area contributed by atoms with Crippen molar-refractivity contribution >= 4 is 11.9 Å². The molecule has 0 aromatic heterocycles. The molecule has 0 spiro atoms. The van der Waals surface area contributed by atoms with Crippen LogP contribution in [0.25, 0.3) is 11.1 Å². The van der Waals surface area contributed by atoms with Gasteiger partial charge in [-0.1, -0.05) is 39.0 Å². The molecule has 3 aromatic rings. The van der Waals surface area contributed by atoms with E-state index >= 15 is 0 Å². The summed E-state index contributed by atoms with van der Waals surface area (Å²) in [6, 6.07) is 12.4. The van der Waals surface area contributed by atoms with Crippen LogP contribution in [0.3, 0.4) is 0 Å². The van der Waals surface area contributed by atoms with Crippen molar-refractivity contribution in [1.82, 2.24) is 0 Å². The maximum Gasteiger partial charge on any atom is 0.338 e. The number of esters is 2. The first-order valence-electron chi connectivity index (χ1n) is 14.6. The van der Waals surface area contributed by atoms with Gasteiger partial charge in [-0.05, 0) is 30.7 Å². The average Bonchev–Trinajstić information content (AvgIpc) is 3.52. The van der Waals surface area contributed by atoms with E-state index < -0.39 is 18.2 Å². The third-order valence-electron chi connectivity index (χ3n) is 8.32. The zero-order chi connectivity index (χ0) is 31.5. The Kier molecular flexibility index (Phi) is 9.08. The van der Waals surface area contributed by atoms with Crippen LogP contribution < -0.4 is 28.4 Å². The Morgan fingerprint density at radius 2 is 1.39 bits per heavy atom. The Bertz CT molecular complexity index is 1530. The Morgan fingerprint density at radius 1 is 0.773 bits per heavy atom. The molecule has 44 heavy (non-hydrogen) atoms. The van der Waals surface area contributed by atoms with Gasteiger partial charge in [0, 0.05) is 40.5 Å². The van der Waals surface area contributed by atoms with Crippen molar-refractivity contribution in [3.05, 3.63) is 59.2 Å². The lowest BCUT2D eigenvalue weighted by Gasteiger charge is -2.39. The monoisotopic (exact) mass is 606 g/mol. The number of rotatable bonds is 9. The van der Waals surface area contributed by atoms with Crippen LogP contribution in [0.5, 0.6) is 34.5 Å². The van der Waals surface area contributed by atoms with Crippen LogP contribution in [0.1, 0.15) is 67.3 Å². The lowest BCUT2D eigenvalue weighted by Crippen LogP contribution is -2.31. The Morgan fingerprint density at radius 3 is 2.00 bits per heavy atom. The molecule has 2 aliphatic rings. The molecule has 0 saturated heterocycles. The molecular formula is C34H38O10. The van der Waals surface area contributed by atoms with Crippen molar-refractivity contribution in [2.75, 3.05) is 35.2 Å². The first-order valence-corrected chi connectivity index (χ1v) is 14.6. The number of fused-ring (bicyclic) bond motifs is 4. The minimum absolute atomic E-state index is 0.00588. The van der Waals surface area contributed by atoms with E-state index in [0.29, 0.717) is 68.7 Å². The third-order valence-corrected chi connectivity index (χ3v) is 8.32. The van der Waals surface area contributed by atoms with Crippen LogP contribution in [0.15, 0.2) is 42.5 Å². The van der Waals surface area contributed by atoms with Gasteiger partial charge in [0.25, 0.3) is 0 Å². The van der Waals surface area contributed by atoms with Gasteiger partial charge in [0.2, 0.25) is 18.3 Å². The maximum absolute atomic E-state index is 13.6. The number of carbonyl (C=O) groups excluding carboxylic acids is 2. The summed E-state index contributed by atoms with van der Waals surface area (Å²) < 4.78 is 47.8. The molecule has 0 amide bonds. The minimum Gasteiger partial charge on any atom is -0.493 e. The second-order valence-electron chi connectivity index (χ2n) is 10.8. The fraction of sp³-hybridized carbons (Fsp3) is 0.412. The van der Waals surface area contributed by atoms with Gasteiger partial charge in [-0.25, -0.2) is 4.79 Å². The molecule has 10 nitrogen and oxygen atoms in total. The van der Waals surface area contributed by atoms with Crippen molar-refractivity contribution in [2.24, 2.45) is 11.8 Å². The molecule has 234 valence electrons. The molecule has 0 unspecified atom stereocenters. The molecule has 0 N–H and O–H groups in total. The number of carbonyl (C=O) groups is 2. The van der Waals surface area contributed by atoms with E-state index in [1.807, 2.05) is 32.9 Å². The van der Waals surface area contributed by atoms with Gasteiger partial charge in [-0.3, -0.25) is 4.79 Å². The number of ether oxygens (including phenoxy) is 8. The molecule has 5 rings (SSSR count). The summed E-state index contributed by atoms with van der Waals surface area (Å²) in [5.41, 5.74) is 2.69. The Hall–Kier alpha value is -4.60. The standard InChI is InChI=1S/C34H38O10/c1-8-12-25(35)43-28-18(2)19(3)29(44-34(36)20-13-10-9-11-14-20)21-15-23(37-4)30(38-5)32(39-6)26(21)27-22(28)16-24-31(33(27)40-7)42-17-41-24/h9-11,13-16,18-19,28-29H,8,12,17H2,1-7H3/t18-,19+,28-,29-/m1/s1. The fourth-order valence-electron chi connectivity index (χ4n) is 5.99. The first kappa shape index (κ1) is 30.8. The molecule has 0 saturated carbocycles. The largest absolute Gasteiger partial charge is 0.493 e. The SMILES string of the molecule is CCCC(=O)O[C@H]1c2cc3c(c(OC)c2-c2c(cc(OC)c(OC)c2OC)[C@H](OC(=O)c2ccccc2)[C@@H](C)[C@H]1C)OCO3. The Balaban J connectivity index is 1.88. The number of hydrogen-bond acceptors (Lipinski definition) is 10. The summed E-state index contributed by atoms with van der Waals surface area (Å²) in [6.45, 7) is 5.85. The van der Waals surface area contributed by atoms with Gasteiger partial charge >= 0.3 is 11.9 Å². The smallest absolute Gasteiger partial charge is 0.338 e. The van der Waals surface area contributed by atoms with Crippen LogP contribution in [-0.4, -0.2) is 47.2 Å². The normalized spacial score (nSPS) is 19.9. The fourth-order valence-corrected chi connectivity index (χ4v) is 5.99. The highest BCUT2D eigenvalue weighted by molar-refractivity contribution is 5.91. The predicted octanol–water partition coefficient (Wildman–Crippen LogP) is 6.69. The Labute approximate surface area is 257 Å². The van der Waals surface area contributed by atoms with Crippen molar-refractivity contribution in [1.29, 1.82) is 0 Å². The molecule has 0 fully saturated rings. The molecule has 3 aromatic carbocycles. The van der Waals surface area contributed by atoms with Crippen molar-refractivity contribution in [3.8, 4) is 45.6 Å². The van der Waals surface area contributed by atoms with Gasteiger partial charge in [0.1, 0.15) is 12.2 Å². The molecule has 1 aliphatic heterocycles. The highest BCUT2D eigenvalue weighted by Gasteiger charge is 2.44. The van der Waals surface area contributed by atoms with E-state index in [-0.39, 0.29) is 31.0 Å². The number of hydrogen-bond donors (Lipinski definition) is 0. The van der Waals surface area contributed by atoms with Crippen LogP contribution in [-0.2, 0) is 14.3 Å². The number of methoxy groups -OCH3 is 4. The maximum atomic E-state index is 13.6. The number of benzene rings is 3. The quantitative estimate of drug-likeness (QED) is 0.245. The van der Waals surface area contributed by atoms with Gasteiger partial charge in [-0.2, -0.15) is 0 Å². The molecule has 1 heterocycles. The topological polar surface area (TPSA) is 108 Å². The van der Waals surface area contributed by atoms with Crippen molar-refractivity contribution in [2.45, 2.75) is 45.8 Å². The zero-order valence-corrected chi connectivity index (χ0v) is 26.1. The van der Waals surface area contributed by atoms with Crippen LogP contribution in [0.4, 0.5) is 0 Å². The van der Waals surface area contributed by atoms with Crippen molar-refractivity contribution < 1.29 is 47.5 Å². The lowest BCUT2D eigenvalue weighted by atomic mass is 9.74. The van der Waals surface area contributed by atoms with Gasteiger partial charge < -0.3 is 37.9 Å². The first-order chi connectivity index (χ1) is 21.3. The highest BCUT2D eigenvalue weighted by atomic mass is 16.7. The molecule has 1 aliphatic carbocycles.